The zero-order valence-electron chi connectivity index (χ0n) is 10.5. The van der Waals surface area contributed by atoms with Gasteiger partial charge in [0, 0.05) is 12.0 Å². The first-order chi connectivity index (χ1) is 8.72. The second kappa shape index (κ2) is 5.58. The Kier molecular flexibility index (Phi) is 3.88. The van der Waals surface area contributed by atoms with Gasteiger partial charge in [-0.25, -0.2) is 0 Å². The van der Waals surface area contributed by atoms with E-state index >= 15 is 0 Å². The average molecular weight is 240 g/mol. The fourth-order valence-electron chi connectivity index (χ4n) is 2.11. The van der Waals surface area contributed by atoms with Gasteiger partial charge in [0.2, 0.25) is 0 Å². The summed E-state index contributed by atoms with van der Waals surface area (Å²) in [5.74, 6) is -0.0549. The second-order valence-corrected chi connectivity index (χ2v) is 4.42. The topological polar surface area (TPSA) is 34.1 Å². The average Bonchev–Trinajstić information content (AvgIpc) is 2.38. The minimum absolute atomic E-state index is 0.0157. The summed E-state index contributed by atoms with van der Waals surface area (Å²) in [5, 5.41) is 1.96. The van der Waals surface area contributed by atoms with Gasteiger partial charge in [0.25, 0.3) is 0 Å². The van der Waals surface area contributed by atoms with Gasteiger partial charge >= 0.3 is 0 Å². The number of benzene rings is 2. The van der Waals surface area contributed by atoms with Crippen LogP contribution in [0.15, 0.2) is 42.5 Å². The summed E-state index contributed by atoms with van der Waals surface area (Å²) in [6, 6.07) is 13.4. The Labute approximate surface area is 107 Å². The molecule has 0 unspecified atom stereocenters. The maximum Gasteiger partial charge on any atom is 0.170 e. The SMILES string of the molecule is CCCC(=O)CC(=O)c1cccc2ccccc12. The quantitative estimate of drug-likeness (QED) is 0.588. The summed E-state index contributed by atoms with van der Waals surface area (Å²) in [6.07, 6.45) is 1.29. The van der Waals surface area contributed by atoms with E-state index in [1.54, 1.807) is 6.07 Å². The number of rotatable bonds is 5. The lowest BCUT2D eigenvalue weighted by molar-refractivity contribution is -0.118. The molecule has 2 rings (SSSR count). The first-order valence-electron chi connectivity index (χ1n) is 6.25. The van der Waals surface area contributed by atoms with Gasteiger partial charge < -0.3 is 0 Å². The minimum atomic E-state index is -0.0785. The van der Waals surface area contributed by atoms with Crippen molar-refractivity contribution < 1.29 is 9.59 Å². The first kappa shape index (κ1) is 12.5. The highest BCUT2D eigenvalue weighted by Gasteiger charge is 2.13. The molecule has 2 nitrogen and oxygen atoms in total. The number of ketones is 2. The Bertz CT molecular complexity index is 579. The molecular weight excluding hydrogens is 224 g/mol. The molecule has 0 N–H and O–H groups in total. The van der Waals surface area contributed by atoms with Gasteiger partial charge in [0.1, 0.15) is 5.78 Å². The third-order valence-corrected chi connectivity index (χ3v) is 2.98. The number of hydrogen-bond donors (Lipinski definition) is 0. The molecule has 0 spiro atoms. The highest BCUT2D eigenvalue weighted by atomic mass is 16.1. The Balaban J connectivity index is 2.30. The molecule has 0 bridgehead atoms. The lowest BCUT2D eigenvalue weighted by atomic mass is 9.98. The van der Waals surface area contributed by atoms with Gasteiger partial charge in [-0.15, -0.1) is 0 Å². The van der Waals surface area contributed by atoms with Crippen LogP contribution in [0.25, 0.3) is 10.8 Å². The molecule has 0 saturated heterocycles. The fraction of sp³-hybridized carbons (Fsp3) is 0.250. The number of carbonyl (C=O) groups excluding carboxylic acids is 2. The molecule has 0 aliphatic heterocycles. The number of Topliss-reactive ketones (excluding diaryl/α,β-unsaturated/α-hetero) is 2. The normalized spacial score (nSPS) is 10.5. The van der Waals surface area contributed by atoms with Crippen LogP contribution in [0.2, 0.25) is 0 Å². The van der Waals surface area contributed by atoms with Gasteiger partial charge in [-0.05, 0) is 17.2 Å². The molecule has 0 aliphatic carbocycles. The van der Waals surface area contributed by atoms with E-state index < -0.39 is 0 Å². The van der Waals surface area contributed by atoms with Crippen LogP contribution < -0.4 is 0 Å². The largest absolute Gasteiger partial charge is 0.299 e. The van der Waals surface area contributed by atoms with Crippen molar-refractivity contribution in [3.05, 3.63) is 48.0 Å². The third-order valence-electron chi connectivity index (χ3n) is 2.98. The van der Waals surface area contributed by atoms with Crippen LogP contribution in [-0.4, -0.2) is 11.6 Å². The third kappa shape index (κ3) is 2.65. The monoisotopic (exact) mass is 240 g/mol. The van der Waals surface area contributed by atoms with E-state index in [1.165, 1.54) is 0 Å². The molecule has 0 amide bonds. The van der Waals surface area contributed by atoms with Crippen LogP contribution in [-0.2, 0) is 4.79 Å². The van der Waals surface area contributed by atoms with E-state index in [0.29, 0.717) is 12.0 Å². The lowest BCUT2D eigenvalue weighted by Crippen LogP contribution is -2.08. The van der Waals surface area contributed by atoms with Crippen LogP contribution >= 0.6 is 0 Å². The predicted octanol–water partition coefficient (Wildman–Crippen LogP) is 3.78. The van der Waals surface area contributed by atoms with Gasteiger partial charge in [-0.3, -0.25) is 9.59 Å². The molecule has 92 valence electrons. The standard InChI is InChI=1S/C16H16O2/c1-2-6-13(17)11-16(18)15-10-5-8-12-7-3-4-9-14(12)15/h3-5,7-10H,2,6,11H2,1H3. The molecule has 2 aromatic rings. The molecule has 2 aromatic carbocycles. The molecular formula is C16H16O2. The smallest absolute Gasteiger partial charge is 0.170 e. The second-order valence-electron chi connectivity index (χ2n) is 4.42. The van der Waals surface area contributed by atoms with Crippen molar-refractivity contribution in [3.8, 4) is 0 Å². The first-order valence-corrected chi connectivity index (χ1v) is 6.25. The van der Waals surface area contributed by atoms with Crippen molar-refractivity contribution >= 4 is 22.3 Å². The number of carbonyl (C=O) groups is 2. The summed E-state index contributed by atoms with van der Waals surface area (Å²) in [5.41, 5.74) is 0.651. The minimum Gasteiger partial charge on any atom is -0.299 e. The van der Waals surface area contributed by atoms with E-state index in [9.17, 15) is 9.59 Å². The van der Waals surface area contributed by atoms with Crippen molar-refractivity contribution in [3.63, 3.8) is 0 Å². The van der Waals surface area contributed by atoms with Crippen LogP contribution in [0.5, 0.6) is 0 Å². The molecule has 0 heterocycles. The van der Waals surface area contributed by atoms with E-state index in [4.69, 9.17) is 0 Å². The van der Waals surface area contributed by atoms with Crippen LogP contribution in [0.3, 0.4) is 0 Å². The van der Waals surface area contributed by atoms with Crippen molar-refractivity contribution in [2.45, 2.75) is 26.2 Å². The molecule has 0 atom stereocenters. The summed E-state index contributed by atoms with van der Waals surface area (Å²) < 4.78 is 0. The molecule has 0 aliphatic rings. The Morgan fingerprint density at radius 1 is 1.00 bits per heavy atom. The Hall–Kier alpha value is -1.96. The van der Waals surface area contributed by atoms with Gasteiger partial charge in [-0.2, -0.15) is 0 Å². The highest BCUT2D eigenvalue weighted by Crippen LogP contribution is 2.20. The number of hydrogen-bond acceptors (Lipinski definition) is 2. The molecule has 0 radical (unpaired) electrons. The van der Waals surface area contributed by atoms with E-state index in [2.05, 4.69) is 0 Å². The van der Waals surface area contributed by atoms with E-state index in [-0.39, 0.29) is 18.0 Å². The molecule has 0 aromatic heterocycles. The zero-order valence-corrected chi connectivity index (χ0v) is 10.5. The van der Waals surface area contributed by atoms with E-state index in [1.807, 2.05) is 43.3 Å². The van der Waals surface area contributed by atoms with Crippen LogP contribution in [0.4, 0.5) is 0 Å². The molecule has 18 heavy (non-hydrogen) atoms. The van der Waals surface area contributed by atoms with Crippen molar-refractivity contribution in [1.29, 1.82) is 0 Å². The van der Waals surface area contributed by atoms with Crippen molar-refractivity contribution in [2.75, 3.05) is 0 Å². The van der Waals surface area contributed by atoms with Gasteiger partial charge in [-0.1, -0.05) is 49.4 Å². The zero-order chi connectivity index (χ0) is 13.0. The summed E-state index contributed by atoms with van der Waals surface area (Å²) >= 11 is 0. The molecule has 0 saturated carbocycles. The summed E-state index contributed by atoms with van der Waals surface area (Å²) in [6.45, 7) is 1.94. The maximum atomic E-state index is 12.1. The Morgan fingerprint density at radius 2 is 1.72 bits per heavy atom. The predicted molar refractivity (Wildman–Crippen MR) is 72.8 cm³/mol. The lowest BCUT2D eigenvalue weighted by Gasteiger charge is -2.05. The number of fused-ring (bicyclic) bond motifs is 1. The molecule has 0 fully saturated rings. The highest BCUT2D eigenvalue weighted by molar-refractivity contribution is 6.14. The van der Waals surface area contributed by atoms with Crippen LogP contribution in [0, 0.1) is 0 Å². The summed E-state index contributed by atoms with van der Waals surface area (Å²) in [4.78, 5) is 23.7. The Morgan fingerprint density at radius 3 is 2.50 bits per heavy atom. The van der Waals surface area contributed by atoms with Gasteiger partial charge in [0.05, 0.1) is 6.42 Å². The molecule has 2 heteroatoms. The maximum absolute atomic E-state index is 12.1. The van der Waals surface area contributed by atoms with Crippen molar-refractivity contribution in [2.24, 2.45) is 0 Å². The van der Waals surface area contributed by atoms with E-state index in [0.717, 1.165) is 17.2 Å². The summed E-state index contributed by atoms with van der Waals surface area (Å²) in [7, 11) is 0. The van der Waals surface area contributed by atoms with Gasteiger partial charge in [0.15, 0.2) is 5.78 Å². The van der Waals surface area contributed by atoms with Crippen LogP contribution in [0.1, 0.15) is 36.5 Å². The van der Waals surface area contributed by atoms with Crippen molar-refractivity contribution in [1.82, 2.24) is 0 Å². The fourth-order valence-corrected chi connectivity index (χ4v) is 2.11.